The Morgan fingerprint density at radius 3 is 1.93 bits per heavy atom. The third-order valence-corrected chi connectivity index (χ3v) is 1.91. The molecule has 0 bridgehead atoms. The molecule has 0 saturated heterocycles. The predicted octanol–water partition coefficient (Wildman–Crippen LogP) is 0.803. The Hall–Kier alpha value is -2.24. The first-order valence-corrected chi connectivity index (χ1v) is 3.88. The van der Waals surface area contributed by atoms with Crippen molar-refractivity contribution in [2.75, 3.05) is 0 Å². The molecular weight excluding hydrogens is 204 g/mol. The molecule has 0 atom stereocenters. The van der Waals surface area contributed by atoms with Gasteiger partial charge in [0.05, 0.1) is 0 Å². The van der Waals surface area contributed by atoms with E-state index in [-0.39, 0.29) is 5.56 Å². The minimum absolute atomic E-state index is 0.0856. The van der Waals surface area contributed by atoms with Gasteiger partial charge in [0.1, 0.15) is 22.6 Å². The minimum Gasteiger partial charge on any atom is -0.507 e. The second-order valence-electron chi connectivity index (χ2n) is 2.92. The molecule has 15 heavy (non-hydrogen) atoms. The van der Waals surface area contributed by atoms with Crippen molar-refractivity contribution in [2.45, 2.75) is 6.92 Å². The molecule has 0 spiro atoms. The molecular formula is C9H8O6. The van der Waals surface area contributed by atoms with Gasteiger partial charge >= 0.3 is 11.9 Å². The van der Waals surface area contributed by atoms with E-state index in [0.29, 0.717) is 0 Å². The van der Waals surface area contributed by atoms with E-state index < -0.39 is 34.6 Å². The van der Waals surface area contributed by atoms with Crippen LogP contribution >= 0.6 is 0 Å². The summed E-state index contributed by atoms with van der Waals surface area (Å²) < 4.78 is 0. The normalized spacial score (nSPS) is 9.93. The van der Waals surface area contributed by atoms with Gasteiger partial charge in [-0.3, -0.25) is 0 Å². The lowest BCUT2D eigenvalue weighted by Crippen LogP contribution is -2.06. The molecule has 0 aliphatic heterocycles. The summed E-state index contributed by atoms with van der Waals surface area (Å²) >= 11 is 0. The molecule has 0 fully saturated rings. The monoisotopic (exact) mass is 212 g/mol. The lowest BCUT2D eigenvalue weighted by molar-refractivity contribution is 0.0689. The zero-order valence-corrected chi connectivity index (χ0v) is 7.68. The first-order valence-electron chi connectivity index (χ1n) is 3.88. The number of hydrogen-bond acceptors (Lipinski definition) is 4. The van der Waals surface area contributed by atoms with Crippen molar-refractivity contribution in [1.29, 1.82) is 0 Å². The number of carboxylic acids is 2. The molecule has 4 N–H and O–H groups in total. The number of carbonyl (C=O) groups is 2. The van der Waals surface area contributed by atoms with Gasteiger partial charge in [0.2, 0.25) is 0 Å². The molecule has 0 aliphatic rings. The maximum absolute atomic E-state index is 10.7. The van der Waals surface area contributed by atoms with Crippen LogP contribution in [0.2, 0.25) is 0 Å². The van der Waals surface area contributed by atoms with Gasteiger partial charge in [-0.05, 0) is 18.6 Å². The van der Waals surface area contributed by atoms with Gasteiger partial charge in [-0.2, -0.15) is 0 Å². The van der Waals surface area contributed by atoms with Gasteiger partial charge < -0.3 is 20.4 Å². The van der Waals surface area contributed by atoms with Crippen molar-refractivity contribution in [3.05, 3.63) is 22.8 Å². The quantitative estimate of drug-likeness (QED) is 0.576. The zero-order chi connectivity index (χ0) is 11.7. The molecule has 6 heteroatoms. The van der Waals surface area contributed by atoms with Crippen molar-refractivity contribution >= 4 is 11.9 Å². The number of aromatic carboxylic acids is 2. The molecule has 0 radical (unpaired) electrons. The van der Waals surface area contributed by atoms with Crippen molar-refractivity contribution in [1.82, 2.24) is 0 Å². The number of aromatic hydroxyl groups is 2. The molecule has 0 amide bonds. The Balaban J connectivity index is 3.64. The second-order valence-corrected chi connectivity index (χ2v) is 2.92. The maximum atomic E-state index is 10.7. The first-order chi connectivity index (χ1) is 6.86. The molecule has 1 aromatic rings. The number of carboxylic acid groups (broad SMARTS) is 2. The fourth-order valence-corrected chi connectivity index (χ4v) is 1.26. The SMILES string of the molecule is Cc1cc(O)c(C(=O)O)c(O)c1C(=O)O. The number of phenols is 2. The number of rotatable bonds is 2. The summed E-state index contributed by atoms with van der Waals surface area (Å²) in [4.78, 5) is 21.3. The highest BCUT2D eigenvalue weighted by molar-refractivity contribution is 6.01. The van der Waals surface area contributed by atoms with Crippen molar-refractivity contribution in [3.8, 4) is 11.5 Å². The average molecular weight is 212 g/mol. The standard InChI is InChI=1S/C9H8O6/c1-3-2-4(10)6(9(14)15)7(11)5(3)8(12)13/h2,10-11H,1H3,(H,12,13)(H,14,15). The minimum atomic E-state index is -1.59. The summed E-state index contributed by atoms with van der Waals surface area (Å²) in [6.45, 7) is 1.34. The molecule has 80 valence electrons. The van der Waals surface area contributed by atoms with E-state index >= 15 is 0 Å². The van der Waals surface area contributed by atoms with E-state index in [1.165, 1.54) is 6.92 Å². The molecule has 1 aromatic carbocycles. The summed E-state index contributed by atoms with van der Waals surface area (Å²) in [6, 6.07) is 0.979. The van der Waals surface area contributed by atoms with Crippen LogP contribution in [-0.4, -0.2) is 32.4 Å². The highest BCUT2D eigenvalue weighted by atomic mass is 16.4. The second kappa shape index (κ2) is 3.49. The van der Waals surface area contributed by atoms with E-state index in [1.54, 1.807) is 0 Å². The fourth-order valence-electron chi connectivity index (χ4n) is 1.26. The van der Waals surface area contributed by atoms with Gasteiger partial charge in [0, 0.05) is 0 Å². The molecule has 0 unspecified atom stereocenters. The largest absolute Gasteiger partial charge is 0.507 e. The van der Waals surface area contributed by atoms with E-state index in [1.807, 2.05) is 0 Å². The van der Waals surface area contributed by atoms with Gasteiger partial charge in [0.15, 0.2) is 0 Å². The van der Waals surface area contributed by atoms with E-state index in [9.17, 15) is 19.8 Å². The van der Waals surface area contributed by atoms with Crippen molar-refractivity contribution < 1.29 is 30.0 Å². The number of benzene rings is 1. The Bertz CT molecular complexity index is 410. The van der Waals surface area contributed by atoms with Crippen LogP contribution < -0.4 is 0 Å². The van der Waals surface area contributed by atoms with Crippen LogP contribution in [0.25, 0.3) is 0 Å². The van der Waals surface area contributed by atoms with Crippen molar-refractivity contribution in [2.24, 2.45) is 0 Å². The predicted molar refractivity (Wildman–Crippen MR) is 48.4 cm³/mol. The Labute approximate surface area is 84.0 Å². The smallest absolute Gasteiger partial charge is 0.343 e. The summed E-state index contributed by atoms with van der Waals surface area (Å²) in [5, 5.41) is 35.9. The van der Waals surface area contributed by atoms with Crippen LogP contribution in [0.15, 0.2) is 6.07 Å². The van der Waals surface area contributed by atoms with Gasteiger partial charge in [0.25, 0.3) is 0 Å². The van der Waals surface area contributed by atoms with Crippen LogP contribution in [0.3, 0.4) is 0 Å². The zero-order valence-electron chi connectivity index (χ0n) is 7.68. The van der Waals surface area contributed by atoms with Crippen LogP contribution in [0.1, 0.15) is 26.3 Å². The summed E-state index contributed by atoms with van der Waals surface area (Å²) in [7, 11) is 0. The molecule has 6 nitrogen and oxygen atoms in total. The Morgan fingerprint density at radius 1 is 1.07 bits per heavy atom. The number of hydrogen-bond donors (Lipinski definition) is 4. The summed E-state index contributed by atoms with van der Waals surface area (Å²) in [5.41, 5.74) is -1.24. The van der Waals surface area contributed by atoms with E-state index in [0.717, 1.165) is 6.07 Å². The molecule has 0 heterocycles. The highest BCUT2D eigenvalue weighted by Crippen LogP contribution is 2.33. The average Bonchev–Trinajstić information content (AvgIpc) is 1.99. The van der Waals surface area contributed by atoms with E-state index in [4.69, 9.17) is 10.2 Å². The third-order valence-electron chi connectivity index (χ3n) is 1.91. The third kappa shape index (κ3) is 1.69. The van der Waals surface area contributed by atoms with E-state index in [2.05, 4.69) is 0 Å². The lowest BCUT2D eigenvalue weighted by atomic mass is 10.0. The van der Waals surface area contributed by atoms with Gasteiger partial charge in [-0.15, -0.1) is 0 Å². The first kappa shape index (κ1) is 10.8. The summed E-state index contributed by atoms with van der Waals surface area (Å²) in [5.74, 6) is -4.64. The van der Waals surface area contributed by atoms with Crippen LogP contribution in [-0.2, 0) is 0 Å². The van der Waals surface area contributed by atoms with Crippen LogP contribution in [0, 0.1) is 6.92 Å². The van der Waals surface area contributed by atoms with Crippen molar-refractivity contribution in [3.63, 3.8) is 0 Å². The Morgan fingerprint density at radius 2 is 1.53 bits per heavy atom. The highest BCUT2D eigenvalue weighted by Gasteiger charge is 2.24. The lowest BCUT2D eigenvalue weighted by Gasteiger charge is -2.08. The molecule has 0 aromatic heterocycles. The molecule has 0 saturated carbocycles. The Kier molecular flexibility index (Phi) is 2.52. The summed E-state index contributed by atoms with van der Waals surface area (Å²) in [6.07, 6.45) is 0. The molecule has 1 rings (SSSR count). The maximum Gasteiger partial charge on any atom is 0.343 e. The molecule has 0 aliphatic carbocycles. The van der Waals surface area contributed by atoms with Gasteiger partial charge in [-0.25, -0.2) is 9.59 Å². The number of aryl methyl sites for hydroxylation is 1. The van der Waals surface area contributed by atoms with Gasteiger partial charge in [-0.1, -0.05) is 0 Å². The topological polar surface area (TPSA) is 115 Å². The van der Waals surface area contributed by atoms with Crippen LogP contribution in [0.5, 0.6) is 11.5 Å². The fraction of sp³-hybridized carbons (Fsp3) is 0.111. The van der Waals surface area contributed by atoms with Crippen LogP contribution in [0.4, 0.5) is 0 Å².